The maximum Gasteiger partial charge on any atom is 0.338 e. The molecular formula is C13H19NO3. The minimum absolute atomic E-state index is 0.160. The van der Waals surface area contributed by atoms with Gasteiger partial charge in [-0.05, 0) is 25.0 Å². The highest BCUT2D eigenvalue weighted by Gasteiger charge is 2.11. The Bertz CT molecular complexity index is 365. The number of nitrogens with one attached hydrogen (secondary N) is 1. The molecular weight excluding hydrogens is 218 g/mol. The zero-order valence-corrected chi connectivity index (χ0v) is 10.3. The van der Waals surface area contributed by atoms with Gasteiger partial charge in [-0.3, -0.25) is 0 Å². The van der Waals surface area contributed by atoms with Gasteiger partial charge in [0.2, 0.25) is 0 Å². The third-order valence-electron chi connectivity index (χ3n) is 2.63. The Labute approximate surface area is 102 Å². The molecule has 0 radical (unpaired) electrons. The van der Waals surface area contributed by atoms with Gasteiger partial charge < -0.3 is 15.2 Å². The molecule has 1 aromatic carbocycles. The van der Waals surface area contributed by atoms with E-state index in [0.717, 1.165) is 5.56 Å². The van der Waals surface area contributed by atoms with Gasteiger partial charge in [0.15, 0.2) is 0 Å². The predicted molar refractivity (Wildman–Crippen MR) is 65.8 cm³/mol. The molecule has 4 heteroatoms. The van der Waals surface area contributed by atoms with E-state index in [9.17, 15) is 4.79 Å². The van der Waals surface area contributed by atoms with Gasteiger partial charge in [0.25, 0.3) is 0 Å². The van der Waals surface area contributed by atoms with Crippen molar-refractivity contribution < 1.29 is 14.6 Å². The highest BCUT2D eigenvalue weighted by atomic mass is 16.5. The molecule has 0 aliphatic carbocycles. The molecule has 0 aliphatic rings. The summed E-state index contributed by atoms with van der Waals surface area (Å²) in [5, 5.41) is 12.1. The van der Waals surface area contributed by atoms with E-state index in [1.165, 1.54) is 7.11 Å². The van der Waals surface area contributed by atoms with Crippen molar-refractivity contribution in [3.05, 3.63) is 35.4 Å². The lowest BCUT2D eigenvalue weighted by atomic mass is 10.1. The largest absolute Gasteiger partial charge is 0.465 e. The summed E-state index contributed by atoms with van der Waals surface area (Å²) in [5.74, 6) is -0.322. The zero-order valence-electron chi connectivity index (χ0n) is 10.3. The van der Waals surface area contributed by atoms with Gasteiger partial charge in [0, 0.05) is 19.2 Å². The van der Waals surface area contributed by atoms with E-state index >= 15 is 0 Å². The summed E-state index contributed by atoms with van der Waals surface area (Å²) in [5.41, 5.74) is 1.49. The summed E-state index contributed by atoms with van der Waals surface area (Å²) in [7, 11) is 1.38. The second kappa shape index (κ2) is 7.04. The number of aliphatic hydroxyl groups is 1. The number of carbonyl (C=O) groups is 1. The minimum Gasteiger partial charge on any atom is -0.465 e. The summed E-state index contributed by atoms with van der Waals surface area (Å²) < 4.78 is 4.72. The van der Waals surface area contributed by atoms with Crippen molar-refractivity contribution in [2.45, 2.75) is 25.9 Å². The van der Waals surface area contributed by atoms with Crippen molar-refractivity contribution in [3.8, 4) is 0 Å². The molecule has 0 fully saturated rings. The van der Waals surface area contributed by atoms with E-state index in [-0.39, 0.29) is 18.6 Å². The average Bonchev–Trinajstić information content (AvgIpc) is 2.36. The first-order valence-electron chi connectivity index (χ1n) is 5.69. The number of rotatable bonds is 6. The fourth-order valence-electron chi connectivity index (χ4n) is 1.56. The Morgan fingerprint density at radius 2 is 2.18 bits per heavy atom. The first-order valence-corrected chi connectivity index (χ1v) is 5.69. The molecule has 1 aromatic rings. The number of ether oxygens (including phenoxy) is 1. The topological polar surface area (TPSA) is 58.6 Å². The molecule has 0 saturated heterocycles. The van der Waals surface area contributed by atoms with Crippen LogP contribution in [0.15, 0.2) is 24.3 Å². The lowest BCUT2D eigenvalue weighted by molar-refractivity contribution is 0.0599. The normalized spacial score (nSPS) is 12.2. The van der Waals surface area contributed by atoms with Gasteiger partial charge in [0.1, 0.15) is 0 Å². The summed E-state index contributed by atoms with van der Waals surface area (Å²) in [6, 6.07) is 7.56. The van der Waals surface area contributed by atoms with Gasteiger partial charge in [0.05, 0.1) is 12.7 Å². The van der Waals surface area contributed by atoms with Crippen molar-refractivity contribution in [3.63, 3.8) is 0 Å². The Hall–Kier alpha value is -1.39. The molecule has 0 saturated carbocycles. The van der Waals surface area contributed by atoms with Crippen LogP contribution in [0.3, 0.4) is 0 Å². The summed E-state index contributed by atoms with van der Waals surface area (Å²) >= 11 is 0. The molecule has 1 atom stereocenters. The third kappa shape index (κ3) is 4.17. The van der Waals surface area contributed by atoms with E-state index in [1.807, 2.05) is 25.1 Å². The van der Waals surface area contributed by atoms with Crippen LogP contribution in [-0.4, -0.2) is 30.8 Å². The van der Waals surface area contributed by atoms with Crippen LogP contribution in [0.2, 0.25) is 0 Å². The van der Waals surface area contributed by atoms with Gasteiger partial charge in [-0.25, -0.2) is 4.79 Å². The molecule has 0 bridgehead atoms. The highest BCUT2D eigenvalue weighted by Crippen LogP contribution is 2.10. The van der Waals surface area contributed by atoms with Crippen molar-refractivity contribution >= 4 is 5.97 Å². The van der Waals surface area contributed by atoms with Crippen LogP contribution in [-0.2, 0) is 11.3 Å². The number of hydrogen-bond donors (Lipinski definition) is 2. The molecule has 1 rings (SSSR count). The zero-order chi connectivity index (χ0) is 12.7. The van der Waals surface area contributed by atoms with E-state index in [2.05, 4.69) is 5.32 Å². The Morgan fingerprint density at radius 3 is 2.82 bits per heavy atom. The number of hydrogen-bond acceptors (Lipinski definition) is 4. The Morgan fingerprint density at radius 1 is 1.47 bits per heavy atom. The smallest absolute Gasteiger partial charge is 0.338 e. The fraction of sp³-hybridized carbons (Fsp3) is 0.462. The Balaban J connectivity index is 2.67. The Kier molecular flexibility index (Phi) is 5.66. The molecule has 2 N–H and O–H groups in total. The van der Waals surface area contributed by atoms with E-state index in [1.54, 1.807) is 6.07 Å². The lowest BCUT2D eigenvalue weighted by Crippen LogP contribution is -2.27. The maximum absolute atomic E-state index is 11.5. The van der Waals surface area contributed by atoms with Crippen LogP contribution in [0.25, 0.3) is 0 Å². The van der Waals surface area contributed by atoms with Crippen molar-refractivity contribution in [2.75, 3.05) is 13.7 Å². The monoisotopic (exact) mass is 237 g/mol. The molecule has 1 unspecified atom stereocenters. The average molecular weight is 237 g/mol. The van der Waals surface area contributed by atoms with Crippen molar-refractivity contribution in [1.82, 2.24) is 5.32 Å². The molecule has 0 amide bonds. The van der Waals surface area contributed by atoms with Gasteiger partial charge >= 0.3 is 5.97 Å². The highest BCUT2D eigenvalue weighted by molar-refractivity contribution is 5.90. The molecule has 4 nitrogen and oxygen atoms in total. The quantitative estimate of drug-likeness (QED) is 0.733. The molecule has 0 aromatic heterocycles. The molecule has 17 heavy (non-hydrogen) atoms. The molecule has 0 spiro atoms. The van der Waals surface area contributed by atoms with Crippen molar-refractivity contribution in [1.29, 1.82) is 0 Å². The van der Waals surface area contributed by atoms with Gasteiger partial charge in [-0.2, -0.15) is 0 Å². The second-order valence-electron chi connectivity index (χ2n) is 3.94. The summed E-state index contributed by atoms with van der Waals surface area (Å²) in [6.45, 7) is 2.75. The third-order valence-corrected chi connectivity index (χ3v) is 2.63. The first-order chi connectivity index (χ1) is 8.19. The van der Waals surface area contributed by atoms with Crippen LogP contribution in [0.1, 0.15) is 29.3 Å². The number of methoxy groups -OCH3 is 1. The summed E-state index contributed by atoms with van der Waals surface area (Å²) in [6.07, 6.45) is 0.695. The molecule has 0 heterocycles. The number of esters is 1. The molecule has 0 aliphatic heterocycles. The van der Waals surface area contributed by atoms with E-state index in [4.69, 9.17) is 9.84 Å². The van der Waals surface area contributed by atoms with Crippen LogP contribution < -0.4 is 5.32 Å². The van der Waals surface area contributed by atoms with Crippen LogP contribution in [0.5, 0.6) is 0 Å². The lowest BCUT2D eigenvalue weighted by Gasteiger charge is -2.14. The van der Waals surface area contributed by atoms with E-state index in [0.29, 0.717) is 18.5 Å². The predicted octanol–water partition coefficient (Wildman–Crippen LogP) is 1.33. The van der Waals surface area contributed by atoms with Gasteiger partial charge in [-0.1, -0.05) is 18.2 Å². The number of benzene rings is 1. The van der Waals surface area contributed by atoms with Crippen LogP contribution in [0.4, 0.5) is 0 Å². The van der Waals surface area contributed by atoms with Gasteiger partial charge in [-0.15, -0.1) is 0 Å². The van der Waals surface area contributed by atoms with E-state index < -0.39 is 0 Å². The SMILES string of the molecule is COC(=O)c1ccccc1CNC(C)CCO. The summed E-state index contributed by atoms with van der Waals surface area (Å²) in [4.78, 5) is 11.5. The first kappa shape index (κ1) is 13.7. The fourth-order valence-corrected chi connectivity index (χ4v) is 1.56. The number of carbonyl (C=O) groups excluding carboxylic acids is 1. The molecule has 94 valence electrons. The minimum atomic E-state index is -0.322. The van der Waals surface area contributed by atoms with Crippen molar-refractivity contribution in [2.24, 2.45) is 0 Å². The number of aliphatic hydroxyl groups excluding tert-OH is 1. The standard InChI is InChI=1S/C13H19NO3/c1-10(7-8-15)14-9-11-5-3-4-6-12(11)13(16)17-2/h3-6,10,14-15H,7-9H2,1-2H3. The second-order valence-corrected chi connectivity index (χ2v) is 3.94. The van der Waals surface area contributed by atoms with Crippen LogP contribution >= 0.6 is 0 Å². The van der Waals surface area contributed by atoms with Crippen LogP contribution in [0, 0.1) is 0 Å². The maximum atomic E-state index is 11.5.